The van der Waals surface area contributed by atoms with Crippen LogP contribution in [0.1, 0.15) is 73.4 Å². The van der Waals surface area contributed by atoms with Crippen LogP contribution in [0.5, 0.6) is 0 Å². The van der Waals surface area contributed by atoms with E-state index in [4.69, 9.17) is 0 Å². The highest BCUT2D eigenvalue weighted by Crippen LogP contribution is 2.41. The van der Waals surface area contributed by atoms with Gasteiger partial charge in [-0.1, -0.05) is 111 Å². The number of rotatable bonds is 4. The molecule has 0 nitrogen and oxygen atoms in total. The highest BCUT2D eigenvalue weighted by molar-refractivity contribution is 5.64. The molecule has 0 bridgehead atoms. The van der Waals surface area contributed by atoms with Crippen molar-refractivity contribution in [1.29, 1.82) is 0 Å². The lowest BCUT2D eigenvalue weighted by Gasteiger charge is -2.39. The molecule has 0 aromatic heterocycles. The van der Waals surface area contributed by atoms with Crippen LogP contribution in [0.3, 0.4) is 0 Å². The molecule has 136 valence electrons. The summed E-state index contributed by atoms with van der Waals surface area (Å²) in [6.07, 6.45) is 0. The molecule has 0 spiro atoms. The van der Waals surface area contributed by atoms with Gasteiger partial charge in [0.25, 0.3) is 0 Å². The molecular formula is C25H36. The first-order chi connectivity index (χ1) is 11.4. The van der Waals surface area contributed by atoms with Crippen molar-refractivity contribution in [1.82, 2.24) is 0 Å². The average Bonchev–Trinajstić information content (AvgIpc) is 2.54. The Labute approximate surface area is 155 Å². The maximum absolute atomic E-state index is 2.34. The Morgan fingerprint density at radius 2 is 0.920 bits per heavy atom. The Bertz CT molecular complexity index is 689. The van der Waals surface area contributed by atoms with Gasteiger partial charge in [-0.2, -0.15) is 0 Å². The van der Waals surface area contributed by atoms with Crippen LogP contribution in [0.25, 0.3) is 11.1 Å². The summed E-state index contributed by atoms with van der Waals surface area (Å²) in [6.45, 7) is 20.9. The highest BCUT2D eigenvalue weighted by atomic mass is 14.4. The minimum atomic E-state index is 0.149. The molecule has 0 aliphatic heterocycles. The lowest BCUT2D eigenvalue weighted by Crippen LogP contribution is -2.33. The number of hydrogen-bond acceptors (Lipinski definition) is 0. The van der Waals surface area contributed by atoms with Crippen molar-refractivity contribution < 1.29 is 0 Å². The fourth-order valence-corrected chi connectivity index (χ4v) is 2.94. The zero-order chi connectivity index (χ0) is 19.0. The number of benzene rings is 2. The lowest BCUT2D eigenvalue weighted by atomic mass is 9.65. The summed E-state index contributed by atoms with van der Waals surface area (Å²) >= 11 is 0. The molecule has 0 fully saturated rings. The highest BCUT2D eigenvalue weighted by Gasteiger charge is 2.34. The molecule has 25 heavy (non-hydrogen) atoms. The molecule has 0 N–H and O–H groups in total. The van der Waals surface area contributed by atoms with E-state index in [2.05, 4.69) is 111 Å². The van der Waals surface area contributed by atoms with E-state index in [1.54, 1.807) is 0 Å². The third kappa shape index (κ3) is 3.84. The van der Waals surface area contributed by atoms with Crippen molar-refractivity contribution in [3.05, 3.63) is 59.7 Å². The Morgan fingerprint density at radius 1 is 0.560 bits per heavy atom. The van der Waals surface area contributed by atoms with Crippen LogP contribution in [-0.2, 0) is 10.8 Å². The quantitative estimate of drug-likeness (QED) is 0.539. The van der Waals surface area contributed by atoms with Crippen molar-refractivity contribution in [3.63, 3.8) is 0 Å². The molecule has 0 atom stereocenters. The largest absolute Gasteiger partial charge is 0.0619 e. The van der Waals surface area contributed by atoms with Crippen LogP contribution in [0, 0.1) is 11.3 Å². The van der Waals surface area contributed by atoms with E-state index in [1.807, 2.05) is 0 Å². The zero-order valence-electron chi connectivity index (χ0n) is 17.7. The molecule has 0 saturated heterocycles. The van der Waals surface area contributed by atoms with Crippen molar-refractivity contribution in [2.24, 2.45) is 11.3 Å². The van der Waals surface area contributed by atoms with Gasteiger partial charge in [0.15, 0.2) is 0 Å². The predicted molar refractivity (Wildman–Crippen MR) is 112 cm³/mol. The second-order valence-electron chi connectivity index (χ2n) is 9.91. The lowest BCUT2D eigenvalue weighted by molar-refractivity contribution is 0.225. The van der Waals surface area contributed by atoms with Crippen molar-refractivity contribution in [2.75, 3.05) is 0 Å². The molecular weight excluding hydrogens is 300 g/mol. The third-order valence-electron chi connectivity index (χ3n) is 6.89. The Morgan fingerprint density at radius 3 is 1.24 bits per heavy atom. The summed E-state index contributed by atoms with van der Waals surface area (Å²) < 4.78 is 0. The van der Waals surface area contributed by atoms with Crippen LogP contribution in [0.2, 0.25) is 0 Å². The summed E-state index contributed by atoms with van der Waals surface area (Å²) in [5, 5.41) is 0. The fourth-order valence-electron chi connectivity index (χ4n) is 2.94. The zero-order valence-corrected chi connectivity index (χ0v) is 17.7. The van der Waals surface area contributed by atoms with E-state index >= 15 is 0 Å². The van der Waals surface area contributed by atoms with Crippen molar-refractivity contribution in [3.8, 4) is 11.1 Å². The Balaban J connectivity index is 2.29. The molecule has 0 unspecified atom stereocenters. The van der Waals surface area contributed by atoms with Crippen LogP contribution in [0.15, 0.2) is 48.5 Å². The van der Waals surface area contributed by atoms with E-state index in [0.717, 1.165) is 0 Å². The van der Waals surface area contributed by atoms with Gasteiger partial charge < -0.3 is 0 Å². The summed E-state index contributed by atoms with van der Waals surface area (Å²) in [5.41, 5.74) is 6.00. The van der Waals surface area contributed by atoms with Crippen LogP contribution in [0.4, 0.5) is 0 Å². The standard InChI is InChI=1S/C25H36/c1-18(2)24(6,7)21-14-10-19(11-15-21)20-12-16-22(17-13-20)25(8,9)23(3,4)5/h10-18H,1-9H3. The van der Waals surface area contributed by atoms with Crippen molar-refractivity contribution in [2.45, 2.75) is 73.1 Å². The molecule has 0 aliphatic rings. The van der Waals surface area contributed by atoms with Crippen LogP contribution in [-0.4, -0.2) is 0 Å². The molecule has 0 saturated carbocycles. The van der Waals surface area contributed by atoms with Crippen molar-refractivity contribution >= 4 is 0 Å². The summed E-state index contributed by atoms with van der Waals surface area (Å²) in [5.74, 6) is 0.622. The van der Waals surface area contributed by atoms with Gasteiger partial charge in [0.2, 0.25) is 0 Å². The SMILES string of the molecule is CC(C)C(C)(C)c1ccc(-c2ccc(C(C)(C)C(C)(C)C)cc2)cc1. The molecule has 2 aromatic carbocycles. The van der Waals surface area contributed by atoms with E-state index in [-0.39, 0.29) is 16.2 Å². The first-order valence-electron chi connectivity index (χ1n) is 9.59. The average molecular weight is 337 g/mol. The van der Waals surface area contributed by atoms with E-state index < -0.39 is 0 Å². The van der Waals surface area contributed by atoms with E-state index in [1.165, 1.54) is 22.3 Å². The normalized spacial score (nSPS) is 13.4. The molecule has 2 rings (SSSR count). The summed E-state index contributed by atoms with van der Waals surface area (Å²) in [4.78, 5) is 0. The predicted octanol–water partition coefficient (Wildman–Crippen LogP) is 7.61. The summed E-state index contributed by atoms with van der Waals surface area (Å²) in [6, 6.07) is 18.3. The molecule has 0 radical (unpaired) electrons. The van der Waals surface area contributed by atoms with Gasteiger partial charge in [-0.25, -0.2) is 0 Å². The van der Waals surface area contributed by atoms with Gasteiger partial charge in [-0.15, -0.1) is 0 Å². The molecule has 0 aliphatic carbocycles. The minimum Gasteiger partial charge on any atom is -0.0619 e. The van der Waals surface area contributed by atoms with Gasteiger partial charge in [-0.3, -0.25) is 0 Å². The van der Waals surface area contributed by atoms with Gasteiger partial charge in [0, 0.05) is 0 Å². The minimum absolute atomic E-state index is 0.149. The summed E-state index contributed by atoms with van der Waals surface area (Å²) in [7, 11) is 0. The van der Waals surface area contributed by atoms with Gasteiger partial charge in [-0.05, 0) is 44.4 Å². The molecule has 2 aromatic rings. The second kappa shape index (κ2) is 6.63. The second-order valence-corrected chi connectivity index (χ2v) is 9.91. The Kier molecular flexibility index (Phi) is 5.24. The topological polar surface area (TPSA) is 0 Å². The van der Waals surface area contributed by atoms with Gasteiger partial charge in [0.1, 0.15) is 0 Å². The van der Waals surface area contributed by atoms with Crippen LogP contribution < -0.4 is 0 Å². The Hall–Kier alpha value is -1.56. The third-order valence-corrected chi connectivity index (χ3v) is 6.89. The number of hydrogen-bond donors (Lipinski definition) is 0. The maximum atomic E-state index is 2.34. The molecule has 0 heterocycles. The molecule has 0 amide bonds. The van der Waals surface area contributed by atoms with Crippen LogP contribution >= 0.6 is 0 Å². The monoisotopic (exact) mass is 336 g/mol. The van der Waals surface area contributed by atoms with Gasteiger partial charge >= 0.3 is 0 Å². The van der Waals surface area contributed by atoms with E-state index in [9.17, 15) is 0 Å². The smallest absolute Gasteiger partial charge is 0.00551 e. The first kappa shape index (κ1) is 19.8. The first-order valence-corrected chi connectivity index (χ1v) is 9.59. The molecule has 0 heteroatoms. The fraction of sp³-hybridized carbons (Fsp3) is 0.520. The van der Waals surface area contributed by atoms with Gasteiger partial charge in [0.05, 0.1) is 0 Å². The maximum Gasteiger partial charge on any atom is -0.00551 e. The van der Waals surface area contributed by atoms with E-state index in [0.29, 0.717) is 5.92 Å².